The molecular formula is C11H9BrClN. The highest BCUT2D eigenvalue weighted by Crippen LogP contribution is 2.21. The van der Waals surface area contributed by atoms with Crippen molar-refractivity contribution < 1.29 is 0 Å². The lowest BCUT2D eigenvalue weighted by molar-refractivity contribution is 0.853. The number of hydrogen-bond donors (Lipinski definition) is 0. The van der Waals surface area contributed by atoms with Gasteiger partial charge in [0.25, 0.3) is 0 Å². The number of allylic oxidation sites excluding steroid dienone is 1. The van der Waals surface area contributed by atoms with Gasteiger partial charge in [0.15, 0.2) is 0 Å². The van der Waals surface area contributed by atoms with E-state index < -0.39 is 0 Å². The predicted molar refractivity (Wildman–Crippen MR) is 64.6 cm³/mol. The van der Waals surface area contributed by atoms with Crippen LogP contribution in [0.25, 0.3) is 10.9 Å². The fourth-order valence-electron chi connectivity index (χ4n) is 1.48. The minimum atomic E-state index is 0.641. The summed E-state index contributed by atoms with van der Waals surface area (Å²) in [4.78, 5) is 0. The molecule has 0 aliphatic carbocycles. The Labute approximate surface area is 96.1 Å². The van der Waals surface area contributed by atoms with Crippen LogP contribution in [-0.4, -0.2) is 4.57 Å². The maximum absolute atomic E-state index is 5.78. The van der Waals surface area contributed by atoms with Crippen LogP contribution in [0.3, 0.4) is 0 Å². The molecule has 1 heterocycles. The van der Waals surface area contributed by atoms with E-state index in [2.05, 4.69) is 45.3 Å². The van der Waals surface area contributed by atoms with E-state index >= 15 is 0 Å². The Morgan fingerprint density at radius 2 is 2.21 bits per heavy atom. The summed E-state index contributed by atoms with van der Waals surface area (Å²) in [7, 11) is 0. The summed E-state index contributed by atoms with van der Waals surface area (Å²) < 4.78 is 3.15. The highest BCUT2D eigenvalue weighted by molar-refractivity contribution is 9.10. The Morgan fingerprint density at radius 3 is 2.93 bits per heavy atom. The highest BCUT2D eigenvalue weighted by Gasteiger charge is 2.01. The monoisotopic (exact) mass is 269 g/mol. The summed E-state index contributed by atoms with van der Waals surface area (Å²) in [6.45, 7) is 4.35. The summed E-state index contributed by atoms with van der Waals surface area (Å²) in [5, 5.41) is 1.86. The number of aromatic nitrogens is 1. The maximum atomic E-state index is 5.78. The number of hydrogen-bond acceptors (Lipinski definition) is 0. The molecule has 72 valence electrons. The summed E-state index contributed by atoms with van der Waals surface area (Å²) in [5.41, 5.74) is 1.17. The number of rotatable bonds is 2. The minimum Gasteiger partial charge on any atom is -0.342 e. The van der Waals surface area contributed by atoms with Gasteiger partial charge in [-0.05, 0) is 23.6 Å². The Kier molecular flexibility index (Phi) is 2.66. The zero-order valence-corrected chi connectivity index (χ0v) is 9.85. The normalized spacial score (nSPS) is 10.7. The second-order valence-corrected chi connectivity index (χ2v) is 4.61. The van der Waals surface area contributed by atoms with Crippen LogP contribution < -0.4 is 0 Å². The molecule has 1 nitrogen and oxygen atoms in total. The van der Waals surface area contributed by atoms with Gasteiger partial charge in [0, 0.05) is 21.2 Å². The number of benzene rings is 1. The third-order valence-corrected chi connectivity index (χ3v) is 2.69. The lowest BCUT2D eigenvalue weighted by Gasteiger charge is -2.03. The molecule has 0 fully saturated rings. The average molecular weight is 271 g/mol. The summed E-state index contributed by atoms with van der Waals surface area (Å²) in [6, 6.07) is 8.26. The first-order valence-electron chi connectivity index (χ1n) is 4.24. The van der Waals surface area contributed by atoms with Crippen molar-refractivity contribution in [1.29, 1.82) is 0 Å². The molecule has 1 aromatic heterocycles. The quantitative estimate of drug-likeness (QED) is 0.772. The standard InChI is InChI=1S/C11H9BrClN/c1-8(13)7-14-5-4-9-2-3-10(12)6-11(9)14/h2-6H,1,7H2. The molecule has 1 aromatic carbocycles. The van der Waals surface area contributed by atoms with Crippen LogP contribution in [0.2, 0.25) is 0 Å². The molecule has 0 unspecified atom stereocenters. The molecule has 0 N–H and O–H groups in total. The van der Waals surface area contributed by atoms with E-state index in [1.807, 2.05) is 12.3 Å². The van der Waals surface area contributed by atoms with Gasteiger partial charge in [0.2, 0.25) is 0 Å². The smallest absolute Gasteiger partial charge is 0.0577 e. The Morgan fingerprint density at radius 1 is 1.43 bits per heavy atom. The third kappa shape index (κ3) is 1.86. The molecule has 2 aromatic rings. The van der Waals surface area contributed by atoms with Crippen LogP contribution in [0.4, 0.5) is 0 Å². The molecule has 14 heavy (non-hydrogen) atoms. The molecule has 0 aliphatic heterocycles. The third-order valence-electron chi connectivity index (χ3n) is 2.08. The van der Waals surface area contributed by atoms with Gasteiger partial charge in [-0.25, -0.2) is 0 Å². The van der Waals surface area contributed by atoms with E-state index in [-0.39, 0.29) is 0 Å². The Hall–Kier alpha value is -0.730. The van der Waals surface area contributed by atoms with Gasteiger partial charge >= 0.3 is 0 Å². The van der Waals surface area contributed by atoms with E-state index in [1.54, 1.807) is 0 Å². The number of fused-ring (bicyclic) bond motifs is 1. The topological polar surface area (TPSA) is 4.93 Å². The molecule has 0 spiro atoms. The SMILES string of the molecule is C=C(Cl)Cn1ccc2ccc(Br)cc21. The van der Waals surface area contributed by atoms with Crippen LogP contribution in [0, 0.1) is 0 Å². The number of nitrogens with zero attached hydrogens (tertiary/aromatic N) is 1. The molecule has 0 aliphatic rings. The first-order chi connectivity index (χ1) is 6.66. The van der Waals surface area contributed by atoms with Crippen molar-refractivity contribution >= 4 is 38.4 Å². The van der Waals surface area contributed by atoms with Gasteiger partial charge in [-0.1, -0.05) is 40.2 Å². The highest BCUT2D eigenvalue weighted by atomic mass is 79.9. The molecule has 0 saturated heterocycles. The second kappa shape index (κ2) is 3.79. The summed E-state index contributed by atoms with van der Waals surface area (Å²) >= 11 is 9.23. The lowest BCUT2D eigenvalue weighted by Crippen LogP contribution is -1.94. The van der Waals surface area contributed by atoms with E-state index in [4.69, 9.17) is 11.6 Å². The van der Waals surface area contributed by atoms with Crippen molar-refractivity contribution in [2.45, 2.75) is 6.54 Å². The fraction of sp³-hybridized carbons (Fsp3) is 0.0909. The van der Waals surface area contributed by atoms with Crippen LogP contribution in [0.15, 0.2) is 46.5 Å². The van der Waals surface area contributed by atoms with Gasteiger partial charge in [0.1, 0.15) is 0 Å². The molecule has 0 radical (unpaired) electrons. The molecule has 0 amide bonds. The van der Waals surface area contributed by atoms with Gasteiger partial charge in [0.05, 0.1) is 6.54 Å². The van der Waals surface area contributed by atoms with Crippen molar-refractivity contribution in [2.75, 3.05) is 0 Å². The van der Waals surface area contributed by atoms with Crippen molar-refractivity contribution in [3.05, 3.63) is 46.5 Å². The van der Waals surface area contributed by atoms with Crippen LogP contribution in [0.1, 0.15) is 0 Å². The molecule has 0 atom stereocenters. The van der Waals surface area contributed by atoms with Crippen molar-refractivity contribution in [1.82, 2.24) is 4.57 Å². The zero-order chi connectivity index (χ0) is 10.1. The van der Waals surface area contributed by atoms with Gasteiger partial charge in [-0.15, -0.1) is 0 Å². The largest absolute Gasteiger partial charge is 0.342 e. The second-order valence-electron chi connectivity index (χ2n) is 3.16. The van der Waals surface area contributed by atoms with Crippen LogP contribution in [-0.2, 0) is 6.54 Å². The van der Waals surface area contributed by atoms with E-state index in [9.17, 15) is 0 Å². The van der Waals surface area contributed by atoms with Crippen molar-refractivity contribution in [3.63, 3.8) is 0 Å². The number of halogens is 2. The maximum Gasteiger partial charge on any atom is 0.0577 e. The molecule has 0 saturated carbocycles. The van der Waals surface area contributed by atoms with E-state index in [0.717, 1.165) is 4.47 Å². The Balaban J connectivity index is 2.55. The van der Waals surface area contributed by atoms with E-state index in [0.29, 0.717) is 11.6 Å². The zero-order valence-electron chi connectivity index (χ0n) is 7.50. The van der Waals surface area contributed by atoms with E-state index in [1.165, 1.54) is 10.9 Å². The predicted octanol–water partition coefficient (Wildman–Crippen LogP) is 4.16. The minimum absolute atomic E-state index is 0.641. The van der Waals surface area contributed by atoms with Crippen LogP contribution >= 0.6 is 27.5 Å². The van der Waals surface area contributed by atoms with Gasteiger partial charge in [-0.2, -0.15) is 0 Å². The first-order valence-corrected chi connectivity index (χ1v) is 5.41. The molecule has 2 rings (SSSR count). The Bertz CT molecular complexity index is 487. The fourth-order valence-corrected chi connectivity index (χ4v) is 1.96. The van der Waals surface area contributed by atoms with Crippen molar-refractivity contribution in [3.8, 4) is 0 Å². The summed E-state index contributed by atoms with van der Waals surface area (Å²) in [5.74, 6) is 0. The molecule has 3 heteroatoms. The average Bonchev–Trinajstić information content (AvgIpc) is 2.47. The first kappa shape index (κ1) is 9.81. The molecular weight excluding hydrogens is 261 g/mol. The van der Waals surface area contributed by atoms with Crippen molar-refractivity contribution in [2.24, 2.45) is 0 Å². The van der Waals surface area contributed by atoms with Gasteiger partial charge in [-0.3, -0.25) is 0 Å². The molecule has 0 bridgehead atoms. The lowest BCUT2D eigenvalue weighted by atomic mass is 10.2. The summed E-state index contributed by atoms with van der Waals surface area (Å²) in [6.07, 6.45) is 2.02. The van der Waals surface area contributed by atoms with Crippen LogP contribution in [0.5, 0.6) is 0 Å². The van der Waals surface area contributed by atoms with Gasteiger partial charge < -0.3 is 4.57 Å².